The van der Waals surface area contributed by atoms with Crippen molar-refractivity contribution in [2.45, 2.75) is 13.8 Å². The molecule has 6 heteroatoms. The minimum atomic E-state index is -0.272. The van der Waals surface area contributed by atoms with E-state index in [1.165, 1.54) is 17.3 Å². The number of carbonyl (C=O) groups excluding carboxylic acids is 1. The summed E-state index contributed by atoms with van der Waals surface area (Å²) in [4.78, 5) is 25.6. The number of aromatic nitrogens is 3. The number of nitrogens with zero attached hydrogens (tertiary/aromatic N) is 3. The first-order valence-corrected chi connectivity index (χ1v) is 7.61. The van der Waals surface area contributed by atoms with E-state index in [-0.39, 0.29) is 5.91 Å². The average Bonchev–Trinajstić information content (AvgIpc) is 2.95. The smallest absolute Gasteiger partial charge is 0.259 e. The number of aryl methyl sites for hydroxylation is 2. The molecule has 110 valence electrons. The molecule has 0 atom stereocenters. The van der Waals surface area contributed by atoms with E-state index in [2.05, 4.69) is 38.6 Å². The highest BCUT2D eigenvalue weighted by atomic mass is 32.1. The molecule has 0 saturated carbocycles. The maximum atomic E-state index is 12.1. The van der Waals surface area contributed by atoms with Crippen molar-refractivity contribution in [3.63, 3.8) is 0 Å². The van der Waals surface area contributed by atoms with E-state index >= 15 is 0 Å². The molecule has 0 saturated heterocycles. The molecule has 3 heterocycles. The fourth-order valence-electron chi connectivity index (χ4n) is 1.93. The van der Waals surface area contributed by atoms with E-state index in [0.717, 1.165) is 11.1 Å². The lowest BCUT2D eigenvalue weighted by Crippen LogP contribution is -2.13. The summed E-state index contributed by atoms with van der Waals surface area (Å²) >= 11 is 1.70. The number of hydrogen-bond acceptors (Lipinski definition) is 5. The summed E-state index contributed by atoms with van der Waals surface area (Å²) in [7, 11) is 0. The second kappa shape index (κ2) is 6.03. The van der Waals surface area contributed by atoms with E-state index in [1.807, 2.05) is 6.07 Å². The van der Waals surface area contributed by atoms with E-state index in [9.17, 15) is 4.79 Å². The van der Waals surface area contributed by atoms with Crippen molar-refractivity contribution < 1.29 is 4.79 Å². The number of pyridine rings is 1. The first kappa shape index (κ1) is 14.3. The van der Waals surface area contributed by atoms with E-state index in [0.29, 0.717) is 17.2 Å². The van der Waals surface area contributed by atoms with Crippen LogP contribution in [0.15, 0.2) is 42.2 Å². The Balaban J connectivity index is 1.73. The van der Waals surface area contributed by atoms with Gasteiger partial charge in [0.2, 0.25) is 0 Å². The van der Waals surface area contributed by atoms with Gasteiger partial charge in [-0.3, -0.25) is 4.79 Å². The van der Waals surface area contributed by atoms with Crippen LogP contribution in [0.4, 0.5) is 5.82 Å². The van der Waals surface area contributed by atoms with Crippen molar-refractivity contribution in [3.05, 3.63) is 58.4 Å². The van der Waals surface area contributed by atoms with Gasteiger partial charge in [0.05, 0.1) is 5.56 Å². The number of thiophene rings is 1. The predicted molar refractivity (Wildman–Crippen MR) is 87.0 cm³/mol. The van der Waals surface area contributed by atoms with Gasteiger partial charge in [-0.1, -0.05) is 0 Å². The van der Waals surface area contributed by atoms with Crippen molar-refractivity contribution in [2.75, 3.05) is 5.32 Å². The Morgan fingerprint density at radius 2 is 1.82 bits per heavy atom. The molecule has 0 spiro atoms. The lowest BCUT2D eigenvalue weighted by atomic mass is 10.1. The summed E-state index contributed by atoms with van der Waals surface area (Å²) in [6.07, 6.45) is 4.75. The Bertz CT molecular complexity index is 794. The molecule has 22 heavy (non-hydrogen) atoms. The van der Waals surface area contributed by atoms with Gasteiger partial charge in [0, 0.05) is 29.0 Å². The van der Waals surface area contributed by atoms with Crippen LogP contribution in [0, 0.1) is 13.8 Å². The first-order valence-electron chi connectivity index (χ1n) is 6.73. The van der Waals surface area contributed by atoms with Crippen molar-refractivity contribution in [1.82, 2.24) is 15.0 Å². The third-order valence-corrected chi connectivity index (χ3v) is 3.97. The number of nitrogens with one attached hydrogen (secondary N) is 1. The Kier molecular flexibility index (Phi) is 3.93. The van der Waals surface area contributed by atoms with Crippen molar-refractivity contribution in [2.24, 2.45) is 0 Å². The van der Waals surface area contributed by atoms with Crippen molar-refractivity contribution >= 4 is 23.1 Å². The summed E-state index contributed by atoms with van der Waals surface area (Å²) in [5.74, 6) is 0.859. The maximum absolute atomic E-state index is 12.1. The Hall–Kier alpha value is -2.60. The molecule has 0 aliphatic rings. The summed E-state index contributed by atoms with van der Waals surface area (Å²) < 4.78 is 0. The van der Waals surface area contributed by atoms with Gasteiger partial charge in [-0.2, -0.15) is 0 Å². The number of rotatable bonds is 3. The second-order valence-corrected chi connectivity index (χ2v) is 5.97. The number of amides is 1. The molecule has 3 aromatic heterocycles. The maximum Gasteiger partial charge on any atom is 0.259 e. The molecule has 5 nitrogen and oxygen atoms in total. The summed E-state index contributed by atoms with van der Waals surface area (Å²) in [6, 6.07) is 5.84. The molecule has 0 aromatic carbocycles. The topological polar surface area (TPSA) is 67.8 Å². The molecule has 0 fully saturated rings. The zero-order chi connectivity index (χ0) is 15.5. The van der Waals surface area contributed by atoms with Gasteiger partial charge >= 0.3 is 0 Å². The van der Waals surface area contributed by atoms with Crippen molar-refractivity contribution in [1.29, 1.82) is 0 Å². The number of anilines is 1. The number of hydrogen-bond donors (Lipinski definition) is 1. The third kappa shape index (κ3) is 3.17. The quantitative estimate of drug-likeness (QED) is 0.804. The zero-order valence-electron chi connectivity index (χ0n) is 12.2. The van der Waals surface area contributed by atoms with Crippen LogP contribution in [-0.2, 0) is 0 Å². The molecule has 3 rings (SSSR count). The SMILES string of the molecule is Cc1ncc(C(=O)Nc2ccc(-c3csc(C)c3)cn2)cn1. The van der Waals surface area contributed by atoms with E-state index < -0.39 is 0 Å². The average molecular weight is 310 g/mol. The molecule has 1 N–H and O–H groups in total. The highest BCUT2D eigenvalue weighted by Crippen LogP contribution is 2.25. The minimum Gasteiger partial charge on any atom is -0.306 e. The van der Waals surface area contributed by atoms with Crippen LogP contribution in [0.3, 0.4) is 0 Å². The first-order chi connectivity index (χ1) is 10.6. The van der Waals surface area contributed by atoms with Crippen LogP contribution in [-0.4, -0.2) is 20.9 Å². The monoisotopic (exact) mass is 310 g/mol. The Morgan fingerprint density at radius 1 is 1.05 bits per heavy atom. The normalized spacial score (nSPS) is 10.5. The second-order valence-electron chi connectivity index (χ2n) is 4.85. The zero-order valence-corrected chi connectivity index (χ0v) is 13.0. The highest BCUT2D eigenvalue weighted by molar-refractivity contribution is 7.10. The molecule has 0 aliphatic heterocycles. The largest absolute Gasteiger partial charge is 0.306 e. The van der Waals surface area contributed by atoms with Gasteiger partial charge in [0.15, 0.2) is 0 Å². The lowest BCUT2D eigenvalue weighted by Gasteiger charge is -2.05. The fourth-order valence-corrected chi connectivity index (χ4v) is 2.64. The van der Waals surface area contributed by atoms with Gasteiger partial charge in [-0.25, -0.2) is 15.0 Å². The highest BCUT2D eigenvalue weighted by Gasteiger charge is 2.08. The Labute approximate surface area is 132 Å². The molecule has 0 unspecified atom stereocenters. The summed E-state index contributed by atoms with van der Waals surface area (Å²) in [6.45, 7) is 3.84. The summed E-state index contributed by atoms with van der Waals surface area (Å²) in [5, 5.41) is 4.83. The van der Waals surface area contributed by atoms with Gasteiger partial charge in [0.1, 0.15) is 11.6 Å². The molecular formula is C16H14N4OS. The van der Waals surface area contributed by atoms with Gasteiger partial charge in [-0.05, 0) is 43.0 Å². The van der Waals surface area contributed by atoms with Gasteiger partial charge in [-0.15, -0.1) is 11.3 Å². The van der Waals surface area contributed by atoms with Crippen LogP contribution < -0.4 is 5.32 Å². The van der Waals surface area contributed by atoms with Crippen LogP contribution in [0.25, 0.3) is 11.1 Å². The van der Waals surface area contributed by atoms with Crippen LogP contribution >= 0.6 is 11.3 Å². The fraction of sp³-hybridized carbons (Fsp3) is 0.125. The van der Waals surface area contributed by atoms with Crippen LogP contribution in [0.2, 0.25) is 0 Å². The van der Waals surface area contributed by atoms with Crippen molar-refractivity contribution in [3.8, 4) is 11.1 Å². The molecule has 3 aromatic rings. The van der Waals surface area contributed by atoms with Crippen LogP contribution in [0.5, 0.6) is 0 Å². The standard InChI is InChI=1S/C16H14N4OS/c1-10-5-13(9-22-10)12-3-4-15(19-6-12)20-16(21)14-7-17-11(2)18-8-14/h3-9H,1-2H3,(H,19,20,21). The van der Waals surface area contributed by atoms with E-state index in [1.54, 1.807) is 30.5 Å². The summed E-state index contributed by atoms with van der Waals surface area (Å²) in [5.41, 5.74) is 2.57. The lowest BCUT2D eigenvalue weighted by molar-refractivity contribution is 0.102. The third-order valence-electron chi connectivity index (χ3n) is 3.11. The molecule has 0 aliphatic carbocycles. The molecule has 0 bridgehead atoms. The molecule has 1 amide bonds. The predicted octanol–water partition coefficient (Wildman–Crippen LogP) is 3.47. The molecule has 0 radical (unpaired) electrons. The minimum absolute atomic E-state index is 0.272. The van der Waals surface area contributed by atoms with E-state index in [4.69, 9.17) is 0 Å². The van der Waals surface area contributed by atoms with Gasteiger partial charge in [0.25, 0.3) is 5.91 Å². The van der Waals surface area contributed by atoms with Crippen LogP contribution in [0.1, 0.15) is 21.1 Å². The van der Waals surface area contributed by atoms with Gasteiger partial charge < -0.3 is 5.32 Å². The molecular weight excluding hydrogens is 296 g/mol. The number of carbonyl (C=O) groups is 1. The Morgan fingerprint density at radius 3 is 2.41 bits per heavy atom.